The predicted octanol–water partition coefficient (Wildman–Crippen LogP) is 2.97. The first-order valence-electron chi connectivity index (χ1n) is 9.87. The highest BCUT2D eigenvalue weighted by Crippen LogP contribution is 2.24. The summed E-state index contributed by atoms with van der Waals surface area (Å²) in [5.41, 5.74) is 2.32. The molecule has 2 aliphatic heterocycles. The van der Waals surface area contributed by atoms with Crippen molar-refractivity contribution < 1.29 is 9.59 Å². The maximum atomic E-state index is 13.0. The van der Waals surface area contributed by atoms with Crippen LogP contribution in [0.15, 0.2) is 24.3 Å². The van der Waals surface area contributed by atoms with Crippen LogP contribution in [0.3, 0.4) is 0 Å². The fourth-order valence-corrected chi connectivity index (χ4v) is 3.94. The van der Waals surface area contributed by atoms with Gasteiger partial charge in [0.15, 0.2) is 11.5 Å². The Bertz CT molecular complexity index is 933. The van der Waals surface area contributed by atoms with Crippen molar-refractivity contribution in [1.82, 2.24) is 14.5 Å². The smallest absolute Gasteiger partial charge is 0.289 e. The Hall–Kier alpha value is -3.14. The first-order chi connectivity index (χ1) is 13.7. The van der Waals surface area contributed by atoms with Crippen molar-refractivity contribution in [1.29, 1.82) is 5.26 Å². The summed E-state index contributed by atoms with van der Waals surface area (Å²) >= 11 is 0. The lowest BCUT2D eigenvalue weighted by Crippen LogP contribution is -2.37. The number of nitrogens with zero attached hydrogens (tertiary/aromatic N) is 4. The molecule has 2 aromatic rings. The van der Waals surface area contributed by atoms with Gasteiger partial charge in [-0.15, -0.1) is 0 Å². The van der Waals surface area contributed by atoms with Crippen LogP contribution in [0.4, 0.5) is 5.69 Å². The Balaban J connectivity index is 1.61. The first-order valence-corrected chi connectivity index (χ1v) is 9.87. The van der Waals surface area contributed by atoms with Gasteiger partial charge in [0.05, 0.1) is 17.3 Å². The molecule has 4 rings (SSSR count). The Morgan fingerprint density at radius 3 is 2.43 bits per heavy atom. The number of benzene rings is 1. The summed E-state index contributed by atoms with van der Waals surface area (Å²) in [6.45, 7) is 2.24. The molecule has 1 N–H and O–H groups in total. The molecular weight excluding hydrogens is 354 g/mol. The maximum absolute atomic E-state index is 13.0. The van der Waals surface area contributed by atoms with Crippen molar-refractivity contribution in [3.63, 3.8) is 0 Å². The van der Waals surface area contributed by atoms with Gasteiger partial charge in [-0.3, -0.25) is 9.59 Å². The normalized spacial score (nSPS) is 16.2. The van der Waals surface area contributed by atoms with Crippen LogP contribution >= 0.6 is 0 Å². The van der Waals surface area contributed by atoms with Crippen molar-refractivity contribution in [3.8, 4) is 6.07 Å². The Morgan fingerprint density at radius 2 is 1.71 bits per heavy atom. The molecule has 0 unspecified atom stereocenters. The molecule has 0 radical (unpaired) electrons. The molecule has 2 amide bonds. The van der Waals surface area contributed by atoms with Gasteiger partial charge in [0.1, 0.15) is 0 Å². The molecule has 1 aromatic heterocycles. The first kappa shape index (κ1) is 18.2. The number of fused-ring (bicyclic) bond motifs is 1. The van der Waals surface area contributed by atoms with Gasteiger partial charge in [-0.25, -0.2) is 4.98 Å². The van der Waals surface area contributed by atoms with Gasteiger partial charge in [0, 0.05) is 25.3 Å². The molecule has 7 heteroatoms. The quantitative estimate of drug-likeness (QED) is 0.890. The van der Waals surface area contributed by atoms with Gasteiger partial charge in [0.2, 0.25) is 0 Å². The largest absolute Gasteiger partial charge is 0.336 e. The number of amides is 2. The maximum Gasteiger partial charge on any atom is 0.289 e. The van der Waals surface area contributed by atoms with Gasteiger partial charge in [-0.1, -0.05) is 0 Å². The van der Waals surface area contributed by atoms with Crippen LogP contribution in [0.25, 0.3) is 0 Å². The lowest BCUT2D eigenvalue weighted by molar-refractivity contribution is 0.0705. The zero-order chi connectivity index (χ0) is 19.5. The SMILES string of the molecule is N#Cc1ccc(NC(=O)c2nc(C(=O)N3CCCCC3)n3c2CCCC3)cc1. The van der Waals surface area contributed by atoms with Gasteiger partial charge in [-0.2, -0.15) is 5.26 Å². The summed E-state index contributed by atoms with van der Waals surface area (Å²) in [6, 6.07) is 8.76. The summed E-state index contributed by atoms with van der Waals surface area (Å²) in [7, 11) is 0. The molecular formula is C21H23N5O2. The van der Waals surface area contributed by atoms with E-state index in [4.69, 9.17) is 5.26 Å². The minimum atomic E-state index is -0.312. The second-order valence-electron chi connectivity index (χ2n) is 7.34. The third-order valence-electron chi connectivity index (χ3n) is 5.44. The van der Waals surface area contributed by atoms with E-state index in [1.54, 1.807) is 24.3 Å². The number of nitriles is 1. The zero-order valence-electron chi connectivity index (χ0n) is 15.8. The fraction of sp³-hybridized carbons (Fsp3) is 0.429. The van der Waals surface area contributed by atoms with Crippen molar-refractivity contribution >= 4 is 17.5 Å². The summed E-state index contributed by atoms with van der Waals surface area (Å²) in [5, 5.41) is 11.7. The van der Waals surface area contributed by atoms with Gasteiger partial charge >= 0.3 is 0 Å². The fourth-order valence-electron chi connectivity index (χ4n) is 3.94. The third-order valence-corrected chi connectivity index (χ3v) is 5.44. The monoisotopic (exact) mass is 377 g/mol. The number of imidazole rings is 1. The zero-order valence-corrected chi connectivity index (χ0v) is 15.8. The van der Waals surface area contributed by atoms with Gasteiger partial charge < -0.3 is 14.8 Å². The molecule has 0 saturated carbocycles. The van der Waals surface area contributed by atoms with Crippen LogP contribution in [0, 0.1) is 11.3 Å². The van der Waals surface area contributed by atoms with Crippen LogP contribution in [-0.4, -0.2) is 39.4 Å². The van der Waals surface area contributed by atoms with E-state index < -0.39 is 0 Å². The number of likely N-dealkylation sites (tertiary alicyclic amines) is 1. The highest BCUT2D eigenvalue weighted by atomic mass is 16.2. The number of hydrogen-bond acceptors (Lipinski definition) is 4. The number of anilines is 1. The van der Waals surface area contributed by atoms with E-state index in [0.717, 1.165) is 63.9 Å². The van der Waals surface area contributed by atoms with Crippen LogP contribution in [0.2, 0.25) is 0 Å². The molecule has 0 bridgehead atoms. The number of carbonyl (C=O) groups excluding carboxylic acids is 2. The number of hydrogen-bond donors (Lipinski definition) is 1. The topological polar surface area (TPSA) is 91.0 Å². The lowest BCUT2D eigenvalue weighted by Gasteiger charge is -2.27. The molecule has 1 fully saturated rings. The van der Waals surface area contributed by atoms with Gasteiger partial charge in [-0.05, 0) is 62.8 Å². The minimum absolute atomic E-state index is 0.0692. The average molecular weight is 377 g/mol. The number of carbonyl (C=O) groups is 2. The van der Waals surface area contributed by atoms with Crippen LogP contribution in [-0.2, 0) is 13.0 Å². The Labute approximate surface area is 164 Å². The van der Waals surface area contributed by atoms with E-state index in [0.29, 0.717) is 22.8 Å². The summed E-state index contributed by atoms with van der Waals surface area (Å²) in [6.07, 6.45) is 5.91. The van der Waals surface area contributed by atoms with Crippen LogP contribution in [0.1, 0.15) is 64.5 Å². The number of aromatic nitrogens is 2. The second-order valence-corrected chi connectivity index (χ2v) is 7.34. The van der Waals surface area contributed by atoms with E-state index in [2.05, 4.69) is 16.4 Å². The van der Waals surface area contributed by atoms with Crippen LogP contribution < -0.4 is 5.32 Å². The van der Waals surface area contributed by atoms with Crippen molar-refractivity contribution in [2.75, 3.05) is 18.4 Å². The molecule has 0 aliphatic carbocycles. The standard InChI is InChI=1S/C21H23N5O2/c22-14-15-7-9-16(10-8-15)23-20(27)18-17-6-2-5-13-26(17)19(24-18)21(28)25-11-3-1-4-12-25/h7-10H,1-6,11-13H2,(H,23,27). The lowest BCUT2D eigenvalue weighted by atomic mass is 10.1. The van der Waals surface area contributed by atoms with E-state index >= 15 is 0 Å². The second kappa shape index (κ2) is 7.85. The van der Waals surface area contributed by atoms with Gasteiger partial charge in [0.25, 0.3) is 11.8 Å². The van der Waals surface area contributed by atoms with E-state index in [1.165, 1.54) is 0 Å². The number of piperidine rings is 1. The molecule has 0 spiro atoms. The highest BCUT2D eigenvalue weighted by molar-refractivity contribution is 6.05. The molecule has 3 heterocycles. The van der Waals surface area contributed by atoms with E-state index in [1.807, 2.05) is 9.47 Å². The number of rotatable bonds is 3. The molecule has 144 valence electrons. The Morgan fingerprint density at radius 1 is 1.00 bits per heavy atom. The molecule has 2 aliphatic rings. The minimum Gasteiger partial charge on any atom is -0.336 e. The molecule has 1 aromatic carbocycles. The summed E-state index contributed by atoms with van der Waals surface area (Å²) in [5.74, 6) is 0.00917. The van der Waals surface area contributed by atoms with Crippen molar-refractivity contribution in [2.45, 2.75) is 45.1 Å². The Kier molecular flexibility index (Phi) is 5.11. The van der Waals surface area contributed by atoms with E-state index in [-0.39, 0.29) is 11.8 Å². The van der Waals surface area contributed by atoms with Crippen molar-refractivity contribution in [3.05, 3.63) is 47.0 Å². The molecule has 28 heavy (non-hydrogen) atoms. The molecule has 7 nitrogen and oxygen atoms in total. The predicted molar refractivity (Wildman–Crippen MR) is 104 cm³/mol. The van der Waals surface area contributed by atoms with Crippen molar-refractivity contribution in [2.24, 2.45) is 0 Å². The van der Waals surface area contributed by atoms with Crippen LogP contribution in [0.5, 0.6) is 0 Å². The highest BCUT2D eigenvalue weighted by Gasteiger charge is 2.30. The number of nitrogens with one attached hydrogen (secondary N) is 1. The summed E-state index contributed by atoms with van der Waals surface area (Å²) in [4.78, 5) is 32.3. The molecule has 0 atom stereocenters. The average Bonchev–Trinajstić information content (AvgIpc) is 3.14. The molecule has 1 saturated heterocycles. The third kappa shape index (κ3) is 3.50. The van der Waals surface area contributed by atoms with E-state index in [9.17, 15) is 9.59 Å². The summed E-state index contributed by atoms with van der Waals surface area (Å²) < 4.78 is 1.94.